The van der Waals surface area contributed by atoms with Crippen LogP contribution in [0.4, 0.5) is 0 Å². The van der Waals surface area contributed by atoms with Gasteiger partial charge in [0.25, 0.3) is 0 Å². The second kappa shape index (κ2) is 7.73. The molecule has 1 aromatic rings. The molecule has 0 aromatic carbocycles. The lowest BCUT2D eigenvalue weighted by Crippen LogP contribution is -2.34. The monoisotopic (exact) mass is 313 g/mol. The van der Waals surface area contributed by atoms with Gasteiger partial charge in [0.1, 0.15) is 11.9 Å². The van der Waals surface area contributed by atoms with Crippen LogP contribution >= 0.6 is 0 Å². The van der Waals surface area contributed by atoms with E-state index >= 15 is 0 Å². The zero-order chi connectivity index (χ0) is 16.1. The number of allylic oxidation sites excluding steroid dienone is 3. The molecule has 1 aromatic heterocycles. The van der Waals surface area contributed by atoms with E-state index < -0.39 is 0 Å². The second-order valence-corrected chi connectivity index (χ2v) is 6.73. The van der Waals surface area contributed by atoms with Gasteiger partial charge in [0.05, 0.1) is 0 Å². The molecule has 1 aliphatic carbocycles. The lowest BCUT2D eigenvalue weighted by atomic mass is 9.86. The minimum atomic E-state index is 0.162. The molecule has 0 spiro atoms. The Balaban J connectivity index is 1.59. The van der Waals surface area contributed by atoms with Gasteiger partial charge in [-0.15, -0.1) is 6.58 Å². The van der Waals surface area contributed by atoms with Crippen molar-refractivity contribution in [2.75, 3.05) is 19.6 Å². The summed E-state index contributed by atoms with van der Waals surface area (Å²) in [6.07, 6.45) is 13.0. The molecule has 4 heteroatoms. The van der Waals surface area contributed by atoms with Crippen LogP contribution in [0.3, 0.4) is 0 Å². The van der Waals surface area contributed by atoms with Gasteiger partial charge in [0.2, 0.25) is 5.88 Å². The zero-order valence-corrected chi connectivity index (χ0v) is 14.0. The summed E-state index contributed by atoms with van der Waals surface area (Å²) in [7, 11) is 0. The Morgan fingerprint density at radius 2 is 2.09 bits per heavy atom. The van der Waals surface area contributed by atoms with Crippen LogP contribution in [0.15, 0.2) is 37.1 Å². The first-order chi connectivity index (χ1) is 11.2. The predicted octanol–water partition coefficient (Wildman–Crippen LogP) is 3.40. The number of likely N-dealkylation sites (tertiary alicyclic amines) is 1. The van der Waals surface area contributed by atoms with Crippen LogP contribution in [-0.4, -0.2) is 40.6 Å². The summed E-state index contributed by atoms with van der Waals surface area (Å²) in [5, 5.41) is 0. The molecule has 1 saturated heterocycles. The van der Waals surface area contributed by atoms with Crippen LogP contribution < -0.4 is 4.74 Å². The summed E-state index contributed by atoms with van der Waals surface area (Å²) < 4.78 is 6.16. The molecule has 0 radical (unpaired) electrons. The van der Waals surface area contributed by atoms with E-state index in [0.29, 0.717) is 5.88 Å². The van der Waals surface area contributed by atoms with Gasteiger partial charge in [-0.1, -0.05) is 18.2 Å². The van der Waals surface area contributed by atoms with Gasteiger partial charge in [0, 0.05) is 31.9 Å². The second-order valence-electron chi connectivity index (χ2n) is 6.73. The van der Waals surface area contributed by atoms with Crippen LogP contribution in [0.25, 0.3) is 0 Å². The summed E-state index contributed by atoms with van der Waals surface area (Å²) in [5.74, 6) is 3.11. The smallest absolute Gasteiger partial charge is 0.216 e. The maximum Gasteiger partial charge on any atom is 0.216 e. The van der Waals surface area contributed by atoms with E-state index in [9.17, 15) is 0 Å². The molecule has 23 heavy (non-hydrogen) atoms. The van der Waals surface area contributed by atoms with Gasteiger partial charge < -0.3 is 4.74 Å². The number of hydrogen-bond donors (Lipinski definition) is 0. The molecular weight excluding hydrogens is 286 g/mol. The normalized spacial score (nSPS) is 25.1. The lowest BCUT2D eigenvalue weighted by Gasteiger charge is -2.24. The molecule has 1 fully saturated rings. The molecular formula is C19H27N3O. The highest BCUT2D eigenvalue weighted by Crippen LogP contribution is 2.33. The van der Waals surface area contributed by atoms with Gasteiger partial charge in [-0.3, -0.25) is 4.90 Å². The topological polar surface area (TPSA) is 38.2 Å². The fourth-order valence-electron chi connectivity index (χ4n) is 3.71. The number of ether oxygens (including phenoxy) is 1. The van der Waals surface area contributed by atoms with Crippen LogP contribution in [-0.2, 0) is 0 Å². The van der Waals surface area contributed by atoms with Crippen molar-refractivity contribution in [2.45, 2.75) is 38.7 Å². The number of rotatable bonds is 7. The van der Waals surface area contributed by atoms with Crippen molar-refractivity contribution in [2.24, 2.45) is 11.8 Å². The van der Waals surface area contributed by atoms with E-state index in [1.54, 1.807) is 6.20 Å². The van der Waals surface area contributed by atoms with Crippen LogP contribution in [0.5, 0.6) is 5.88 Å². The highest BCUT2D eigenvalue weighted by atomic mass is 16.5. The first-order valence-corrected chi connectivity index (χ1v) is 8.69. The Labute approximate surface area is 139 Å². The molecule has 0 amide bonds. The van der Waals surface area contributed by atoms with Crippen LogP contribution in [0, 0.1) is 18.8 Å². The van der Waals surface area contributed by atoms with Gasteiger partial charge >= 0.3 is 0 Å². The molecule has 2 aliphatic rings. The van der Waals surface area contributed by atoms with Gasteiger partial charge in [0.15, 0.2) is 0 Å². The van der Waals surface area contributed by atoms with Gasteiger partial charge in [-0.05, 0) is 44.4 Å². The van der Waals surface area contributed by atoms with Crippen molar-refractivity contribution in [1.29, 1.82) is 0 Å². The molecule has 124 valence electrons. The maximum absolute atomic E-state index is 6.16. The fourth-order valence-corrected chi connectivity index (χ4v) is 3.71. The molecule has 2 heterocycles. The van der Waals surface area contributed by atoms with E-state index in [4.69, 9.17) is 4.74 Å². The summed E-state index contributed by atoms with van der Waals surface area (Å²) in [4.78, 5) is 11.1. The fraction of sp³-hybridized carbons (Fsp3) is 0.579. The third-order valence-electron chi connectivity index (χ3n) is 4.89. The Morgan fingerprint density at radius 3 is 2.74 bits per heavy atom. The Morgan fingerprint density at radius 1 is 1.35 bits per heavy atom. The molecule has 3 rings (SSSR count). The Kier molecular flexibility index (Phi) is 5.44. The molecule has 0 bridgehead atoms. The predicted molar refractivity (Wildman–Crippen MR) is 92.4 cm³/mol. The minimum Gasteiger partial charge on any atom is -0.473 e. The van der Waals surface area contributed by atoms with E-state index in [1.807, 2.05) is 19.1 Å². The van der Waals surface area contributed by atoms with Gasteiger partial charge in [-0.25, -0.2) is 4.98 Å². The average molecular weight is 313 g/mol. The summed E-state index contributed by atoms with van der Waals surface area (Å²) in [5.41, 5.74) is 0. The SMILES string of the molecule is C=CCC[C@@H](CN1C[C@H]2CC=CC[C@H]2C1)Oc1ccnc(C)n1. The Hall–Kier alpha value is -1.68. The van der Waals surface area contributed by atoms with Crippen molar-refractivity contribution in [1.82, 2.24) is 14.9 Å². The number of aryl methyl sites for hydroxylation is 1. The van der Waals surface area contributed by atoms with E-state index in [-0.39, 0.29) is 6.10 Å². The zero-order valence-electron chi connectivity index (χ0n) is 14.0. The third-order valence-corrected chi connectivity index (χ3v) is 4.89. The van der Waals surface area contributed by atoms with E-state index in [0.717, 1.165) is 37.0 Å². The van der Waals surface area contributed by atoms with E-state index in [1.165, 1.54) is 25.9 Å². The minimum absolute atomic E-state index is 0.162. The van der Waals surface area contributed by atoms with Crippen molar-refractivity contribution in [3.05, 3.63) is 42.9 Å². The molecule has 4 nitrogen and oxygen atoms in total. The summed E-state index contributed by atoms with van der Waals surface area (Å²) in [6, 6.07) is 1.85. The number of aromatic nitrogens is 2. The van der Waals surface area contributed by atoms with Crippen molar-refractivity contribution < 1.29 is 4.74 Å². The number of fused-ring (bicyclic) bond motifs is 1. The average Bonchev–Trinajstić information content (AvgIpc) is 2.95. The van der Waals surface area contributed by atoms with E-state index in [2.05, 4.69) is 33.6 Å². The first kappa shape index (κ1) is 16.2. The largest absolute Gasteiger partial charge is 0.473 e. The summed E-state index contributed by atoms with van der Waals surface area (Å²) in [6.45, 7) is 9.11. The first-order valence-electron chi connectivity index (χ1n) is 8.69. The quantitative estimate of drug-likeness (QED) is 0.723. The highest BCUT2D eigenvalue weighted by Gasteiger charge is 2.33. The van der Waals surface area contributed by atoms with Crippen LogP contribution in [0.1, 0.15) is 31.5 Å². The summed E-state index contributed by atoms with van der Waals surface area (Å²) >= 11 is 0. The third kappa shape index (κ3) is 4.41. The van der Waals surface area contributed by atoms with Crippen LogP contribution in [0.2, 0.25) is 0 Å². The highest BCUT2D eigenvalue weighted by molar-refractivity contribution is 5.08. The maximum atomic E-state index is 6.16. The molecule has 0 saturated carbocycles. The molecule has 3 atom stereocenters. The van der Waals surface area contributed by atoms with Gasteiger partial charge in [-0.2, -0.15) is 4.98 Å². The van der Waals surface area contributed by atoms with Crippen molar-refractivity contribution in [3.63, 3.8) is 0 Å². The van der Waals surface area contributed by atoms with Crippen molar-refractivity contribution in [3.8, 4) is 5.88 Å². The standard InChI is InChI=1S/C19H27N3O/c1-3-4-9-18(23-19-10-11-20-15(2)21-19)14-22-12-16-7-5-6-8-17(16)13-22/h3,5-6,10-11,16-18H,1,4,7-9,12-14H2,2H3/t16-,17+,18-/m0/s1. The number of nitrogens with zero attached hydrogens (tertiary/aromatic N) is 3. The number of hydrogen-bond acceptors (Lipinski definition) is 4. The van der Waals surface area contributed by atoms with Crippen molar-refractivity contribution >= 4 is 0 Å². The lowest BCUT2D eigenvalue weighted by molar-refractivity contribution is 0.131. The molecule has 1 aliphatic heterocycles. The molecule has 0 N–H and O–H groups in total. The molecule has 0 unspecified atom stereocenters. The Bertz CT molecular complexity index is 541.